The van der Waals surface area contributed by atoms with E-state index in [0.29, 0.717) is 0 Å². The lowest BCUT2D eigenvalue weighted by atomic mass is 10.1. The van der Waals surface area contributed by atoms with Gasteiger partial charge in [0.25, 0.3) is 0 Å². The number of benzene rings is 2. The highest BCUT2D eigenvalue weighted by atomic mass is 16.1. The normalized spacial score (nSPS) is 11.1. The Bertz CT molecular complexity index is 769. The molecule has 0 aliphatic rings. The Morgan fingerprint density at radius 2 is 1.55 bits per heavy atom. The molecule has 0 unspecified atom stereocenters. The predicted octanol–water partition coefficient (Wildman–Crippen LogP) is 2.97. The maximum absolute atomic E-state index is 12.3. The zero-order chi connectivity index (χ0) is 13.9. The number of rotatable bonds is 4. The summed E-state index contributed by atoms with van der Waals surface area (Å²) >= 11 is 0. The van der Waals surface area contributed by atoms with Gasteiger partial charge in [0.05, 0.1) is 11.0 Å². The van der Waals surface area contributed by atoms with Gasteiger partial charge < -0.3 is 0 Å². The molecular formula is C17H18N2O. The lowest BCUT2D eigenvalue weighted by molar-refractivity contribution is 0.623. The molecule has 0 saturated heterocycles. The Kier molecular flexibility index (Phi) is 3.42. The maximum Gasteiger partial charge on any atom is 0.328 e. The van der Waals surface area contributed by atoms with Crippen molar-refractivity contribution in [2.24, 2.45) is 7.05 Å². The number of fused-ring (bicyclic) bond motifs is 1. The first-order chi connectivity index (χ1) is 9.77. The van der Waals surface area contributed by atoms with Crippen molar-refractivity contribution in [2.45, 2.75) is 19.4 Å². The van der Waals surface area contributed by atoms with E-state index in [1.165, 1.54) is 5.56 Å². The van der Waals surface area contributed by atoms with Crippen LogP contribution in [0.25, 0.3) is 11.0 Å². The molecule has 20 heavy (non-hydrogen) atoms. The largest absolute Gasteiger partial charge is 0.328 e. The summed E-state index contributed by atoms with van der Waals surface area (Å²) in [6, 6.07) is 18.4. The minimum absolute atomic E-state index is 0.0688. The molecule has 0 atom stereocenters. The van der Waals surface area contributed by atoms with Gasteiger partial charge in [-0.05, 0) is 30.5 Å². The van der Waals surface area contributed by atoms with Gasteiger partial charge in [-0.25, -0.2) is 4.79 Å². The van der Waals surface area contributed by atoms with E-state index >= 15 is 0 Å². The predicted molar refractivity (Wildman–Crippen MR) is 81.9 cm³/mol. The van der Waals surface area contributed by atoms with Gasteiger partial charge in [-0.3, -0.25) is 9.13 Å². The van der Waals surface area contributed by atoms with E-state index < -0.39 is 0 Å². The molecule has 0 aliphatic heterocycles. The SMILES string of the molecule is Cn1c(=O)n(CCCc2ccccc2)c2ccccc21. The minimum Gasteiger partial charge on any atom is -0.295 e. The number of hydrogen-bond donors (Lipinski definition) is 0. The van der Waals surface area contributed by atoms with Crippen LogP contribution < -0.4 is 5.69 Å². The topological polar surface area (TPSA) is 26.9 Å². The van der Waals surface area contributed by atoms with E-state index in [4.69, 9.17) is 0 Å². The average molecular weight is 266 g/mol. The van der Waals surface area contributed by atoms with Crippen LogP contribution in [-0.2, 0) is 20.0 Å². The Labute approximate surface area is 118 Å². The van der Waals surface area contributed by atoms with Gasteiger partial charge in [0.2, 0.25) is 0 Å². The lowest BCUT2D eigenvalue weighted by Gasteiger charge is -2.03. The number of hydrogen-bond acceptors (Lipinski definition) is 1. The maximum atomic E-state index is 12.3. The van der Waals surface area contributed by atoms with Crippen molar-refractivity contribution in [2.75, 3.05) is 0 Å². The van der Waals surface area contributed by atoms with Crippen molar-refractivity contribution in [1.82, 2.24) is 9.13 Å². The summed E-state index contributed by atoms with van der Waals surface area (Å²) in [5, 5.41) is 0. The summed E-state index contributed by atoms with van der Waals surface area (Å²) in [5.74, 6) is 0. The van der Waals surface area contributed by atoms with Crippen LogP contribution in [-0.4, -0.2) is 9.13 Å². The zero-order valence-corrected chi connectivity index (χ0v) is 11.6. The molecule has 3 heteroatoms. The number of aryl methyl sites for hydroxylation is 3. The summed E-state index contributed by atoms with van der Waals surface area (Å²) in [5.41, 5.74) is 3.41. The molecule has 1 heterocycles. The second kappa shape index (κ2) is 5.37. The summed E-state index contributed by atoms with van der Waals surface area (Å²) in [6.07, 6.45) is 1.97. The molecule has 0 radical (unpaired) electrons. The number of aromatic nitrogens is 2. The van der Waals surface area contributed by atoms with Gasteiger partial charge in [0, 0.05) is 13.6 Å². The Hall–Kier alpha value is -2.29. The van der Waals surface area contributed by atoms with Crippen molar-refractivity contribution >= 4 is 11.0 Å². The smallest absolute Gasteiger partial charge is 0.295 e. The lowest BCUT2D eigenvalue weighted by Crippen LogP contribution is -2.22. The second-order valence-corrected chi connectivity index (χ2v) is 5.07. The Balaban J connectivity index is 1.81. The average Bonchev–Trinajstić information content (AvgIpc) is 2.74. The standard InChI is InChI=1S/C17H18N2O/c1-18-15-11-5-6-12-16(15)19(17(18)20)13-7-10-14-8-3-2-4-9-14/h2-6,8-9,11-12H,7,10,13H2,1H3. The van der Waals surface area contributed by atoms with Crippen molar-refractivity contribution in [3.05, 3.63) is 70.6 Å². The Morgan fingerprint density at radius 3 is 2.30 bits per heavy atom. The zero-order valence-electron chi connectivity index (χ0n) is 11.6. The highest BCUT2D eigenvalue weighted by Crippen LogP contribution is 2.12. The fourth-order valence-electron chi connectivity index (χ4n) is 2.67. The summed E-state index contributed by atoms with van der Waals surface area (Å²) in [4.78, 5) is 12.3. The fraction of sp³-hybridized carbons (Fsp3) is 0.235. The third-order valence-corrected chi connectivity index (χ3v) is 3.74. The first-order valence-corrected chi connectivity index (χ1v) is 6.95. The first kappa shape index (κ1) is 12.7. The van der Waals surface area contributed by atoms with Crippen LogP contribution in [0.15, 0.2) is 59.4 Å². The Morgan fingerprint density at radius 1 is 0.900 bits per heavy atom. The van der Waals surface area contributed by atoms with Crippen LogP contribution in [0, 0.1) is 0 Å². The number of imidazole rings is 1. The van der Waals surface area contributed by atoms with Gasteiger partial charge in [-0.15, -0.1) is 0 Å². The minimum atomic E-state index is 0.0688. The van der Waals surface area contributed by atoms with E-state index in [9.17, 15) is 4.79 Å². The van der Waals surface area contributed by atoms with Crippen LogP contribution in [0.4, 0.5) is 0 Å². The molecule has 0 aliphatic carbocycles. The molecule has 2 aromatic carbocycles. The van der Waals surface area contributed by atoms with Crippen LogP contribution >= 0.6 is 0 Å². The molecule has 3 aromatic rings. The van der Waals surface area contributed by atoms with Crippen LogP contribution in [0.1, 0.15) is 12.0 Å². The molecule has 0 saturated carbocycles. The van der Waals surface area contributed by atoms with E-state index in [-0.39, 0.29) is 5.69 Å². The van der Waals surface area contributed by atoms with Gasteiger partial charge in [-0.1, -0.05) is 42.5 Å². The summed E-state index contributed by atoms with van der Waals surface area (Å²) in [7, 11) is 1.83. The van der Waals surface area contributed by atoms with Crippen molar-refractivity contribution in [1.29, 1.82) is 0 Å². The van der Waals surface area contributed by atoms with Gasteiger partial charge in [-0.2, -0.15) is 0 Å². The van der Waals surface area contributed by atoms with E-state index in [1.807, 2.05) is 41.9 Å². The summed E-state index contributed by atoms with van der Waals surface area (Å²) < 4.78 is 3.59. The molecule has 0 N–H and O–H groups in total. The molecule has 0 amide bonds. The molecule has 0 fully saturated rings. The van der Waals surface area contributed by atoms with Crippen LogP contribution in [0.3, 0.4) is 0 Å². The highest BCUT2D eigenvalue weighted by molar-refractivity contribution is 5.75. The number of para-hydroxylation sites is 2. The van der Waals surface area contributed by atoms with E-state index in [0.717, 1.165) is 30.4 Å². The van der Waals surface area contributed by atoms with Crippen LogP contribution in [0.5, 0.6) is 0 Å². The summed E-state index contributed by atoms with van der Waals surface area (Å²) in [6.45, 7) is 0.759. The van der Waals surface area contributed by atoms with Crippen molar-refractivity contribution in [3.8, 4) is 0 Å². The highest BCUT2D eigenvalue weighted by Gasteiger charge is 2.09. The fourth-order valence-corrected chi connectivity index (χ4v) is 2.67. The van der Waals surface area contributed by atoms with E-state index in [1.54, 1.807) is 4.57 Å². The molecule has 102 valence electrons. The van der Waals surface area contributed by atoms with Crippen LogP contribution in [0.2, 0.25) is 0 Å². The monoisotopic (exact) mass is 266 g/mol. The van der Waals surface area contributed by atoms with Gasteiger partial charge in [0.15, 0.2) is 0 Å². The second-order valence-electron chi connectivity index (χ2n) is 5.07. The molecule has 0 bridgehead atoms. The van der Waals surface area contributed by atoms with Crippen molar-refractivity contribution < 1.29 is 0 Å². The third kappa shape index (κ3) is 2.27. The van der Waals surface area contributed by atoms with Gasteiger partial charge >= 0.3 is 5.69 Å². The van der Waals surface area contributed by atoms with Gasteiger partial charge in [0.1, 0.15) is 0 Å². The number of nitrogens with zero attached hydrogens (tertiary/aromatic N) is 2. The first-order valence-electron chi connectivity index (χ1n) is 6.95. The van der Waals surface area contributed by atoms with Crippen molar-refractivity contribution in [3.63, 3.8) is 0 Å². The quantitative estimate of drug-likeness (QED) is 0.713. The third-order valence-electron chi connectivity index (χ3n) is 3.74. The molecule has 3 nitrogen and oxygen atoms in total. The molecule has 1 aromatic heterocycles. The van der Waals surface area contributed by atoms with E-state index in [2.05, 4.69) is 24.3 Å². The molecule has 3 rings (SSSR count). The molecular weight excluding hydrogens is 248 g/mol. The molecule has 0 spiro atoms.